The van der Waals surface area contributed by atoms with Crippen molar-refractivity contribution in [2.45, 2.75) is 19.8 Å². The van der Waals surface area contributed by atoms with Crippen molar-refractivity contribution in [3.05, 3.63) is 72.3 Å². The fourth-order valence-electron chi connectivity index (χ4n) is 2.85. The minimum absolute atomic E-state index is 0.773. The van der Waals surface area contributed by atoms with Crippen molar-refractivity contribution in [2.75, 3.05) is 11.5 Å². The highest BCUT2D eigenvalue weighted by Crippen LogP contribution is 2.34. The molecule has 4 N–H and O–H groups in total. The van der Waals surface area contributed by atoms with Crippen LogP contribution in [0.4, 0.5) is 11.4 Å². The third-order valence-electron chi connectivity index (χ3n) is 4.07. The Balaban J connectivity index is 2.07. The molecule has 2 nitrogen and oxygen atoms in total. The van der Waals surface area contributed by atoms with Crippen LogP contribution in [0, 0.1) is 0 Å². The summed E-state index contributed by atoms with van der Waals surface area (Å²) in [6, 6.07) is 22.8. The van der Waals surface area contributed by atoms with Crippen LogP contribution >= 0.6 is 0 Å². The Labute approximate surface area is 137 Å². The van der Waals surface area contributed by atoms with Crippen LogP contribution in [0.1, 0.15) is 18.9 Å². The molecule has 0 spiro atoms. The van der Waals surface area contributed by atoms with Gasteiger partial charge >= 0.3 is 0 Å². The highest BCUT2D eigenvalue weighted by atomic mass is 14.5. The second-order valence-corrected chi connectivity index (χ2v) is 5.87. The SMILES string of the molecule is CCCc1ccc(-c2cc(N)ccc2-c2ccc(N)cc2)cc1. The van der Waals surface area contributed by atoms with E-state index in [0.717, 1.165) is 35.3 Å². The van der Waals surface area contributed by atoms with Gasteiger partial charge in [-0.25, -0.2) is 0 Å². The number of anilines is 2. The van der Waals surface area contributed by atoms with Crippen molar-refractivity contribution in [3.8, 4) is 22.3 Å². The van der Waals surface area contributed by atoms with Crippen LogP contribution in [0.25, 0.3) is 22.3 Å². The summed E-state index contributed by atoms with van der Waals surface area (Å²) in [5, 5.41) is 0. The summed E-state index contributed by atoms with van der Waals surface area (Å²) in [5.74, 6) is 0. The van der Waals surface area contributed by atoms with Gasteiger partial charge in [0.25, 0.3) is 0 Å². The first-order valence-corrected chi connectivity index (χ1v) is 8.02. The van der Waals surface area contributed by atoms with Gasteiger partial charge in [-0.05, 0) is 58.5 Å². The highest BCUT2D eigenvalue weighted by Gasteiger charge is 2.08. The molecule has 0 saturated heterocycles. The first-order chi connectivity index (χ1) is 11.2. The third kappa shape index (κ3) is 3.37. The van der Waals surface area contributed by atoms with Crippen molar-refractivity contribution >= 4 is 11.4 Å². The molecule has 0 atom stereocenters. The van der Waals surface area contributed by atoms with Crippen molar-refractivity contribution in [1.29, 1.82) is 0 Å². The van der Waals surface area contributed by atoms with E-state index in [4.69, 9.17) is 11.5 Å². The van der Waals surface area contributed by atoms with Gasteiger partial charge in [-0.3, -0.25) is 0 Å². The molecule has 2 heteroatoms. The summed E-state index contributed by atoms with van der Waals surface area (Å²) < 4.78 is 0. The molecule has 3 aromatic rings. The van der Waals surface area contributed by atoms with Crippen molar-refractivity contribution in [2.24, 2.45) is 0 Å². The summed E-state index contributed by atoms with van der Waals surface area (Å²) in [6.07, 6.45) is 2.27. The first-order valence-electron chi connectivity index (χ1n) is 8.02. The quantitative estimate of drug-likeness (QED) is 0.656. The number of nitrogen functional groups attached to an aromatic ring is 2. The minimum Gasteiger partial charge on any atom is -0.399 e. The Hall–Kier alpha value is -2.74. The monoisotopic (exact) mass is 302 g/mol. The van der Waals surface area contributed by atoms with E-state index < -0.39 is 0 Å². The molecule has 23 heavy (non-hydrogen) atoms. The maximum atomic E-state index is 6.02. The minimum atomic E-state index is 0.773. The molecule has 116 valence electrons. The lowest BCUT2D eigenvalue weighted by molar-refractivity contribution is 0.922. The molecule has 0 saturated carbocycles. The number of hydrogen-bond acceptors (Lipinski definition) is 2. The van der Waals surface area contributed by atoms with E-state index in [2.05, 4.69) is 49.4 Å². The van der Waals surface area contributed by atoms with Gasteiger partial charge in [0, 0.05) is 11.4 Å². The van der Waals surface area contributed by atoms with E-state index in [9.17, 15) is 0 Å². The molecular formula is C21H22N2. The first kappa shape index (κ1) is 15.2. The Bertz CT molecular complexity index is 787. The van der Waals surface area contributed by atoms with Crippen LogP contribution in [-0.2, 0) is 6.42 Å². The van der Waals surface area contributed by atoms with Gasteiger partial charge in [-0.1, -0.05) is 55.8 Å². The lowest BCUT2D eigenvalue weighted by Crippen LogP contribution is -1.91. The largest absolute Gasteiger partial charge is 0.399 e. The van der Waals surface area contributed by atoms with E-state index in [1.54, 1.807) is 0 Å². The molecule has 0 aliphatic heterocycles. The standard InChI is InChI=1S/C21H22N2/c1-2-3-15-4-6-17(7-5-15)21-14-19(23)12-13-20(21)16-8-10-18(22)11-9-16/h4-14H,2-3,22-23H2,1H3. The molecule has 0 aromatic heterocycles. The molecule has 0 fully saturated rings. The second kappa shape index (κ2) is 6.57. The van der Waals surface area contributed by atoms with Gasteiger partial charge in [-0.2, -0.15) is 0 Å². The Morgan fingerprint density at radius 3 is 1.87 bits per heavy atom. The number of benzene rings is 3. The molecular weight excluding hydrogens is 280 g/mol. The average Bonchev–Trinajstić information content (AvgIpc) is 2.57. The molecule has 0 heterocycles. The van der Waals surface area contributed by atoms with Gasteiger partial charge in [0.1, 0.15) is 0 Å². The summed E-state index contributed by atoms with van der Waals surface area (Å²) in [6.45, 7) is 2.20. The smallest absolute Gasteiger partial charge is 0.0320 e. The molecule has 0 aliphatic carbocycles. The van der Waals surface area contributed by atoms with Crippen molar-refractivity contribution < 1.29 is 0 Å². The summed E-state index contributed by atoms with van der Waals surface area (Å²) in [5.41, 5.74) is 19.4. The molecule has 3 rings (SSSR count). The second-order valence-electron chi connectivity index (χ2n) is 5.87. The van der Waals surface area contributed by atoms with E-state index in [1.165, 1.54) is 16.7 Å². The average molecular weight is 302 g/mol. The van der Waals surface area contributed by atoms with Crippen LogP contribution in [-0.4, -0.2) is 0 Å². The maximum absolute atomic E-state index is 6.02. The molecule has 0 unspecified atom stereocenters. The fraction of sp³-hybridized carbons (Fsp3) is 0.143. The molecule has 0 bridgehead atoms. The highest BCUT2D eigenvalue weighted by molar-refractivity contribution is 5.85. The summed E-state index contributed by atoms with van der Waals surface area (Å²) in [4.78, 5) is 0. The van der Waals surface area contributed by atoms with E-state index >= 15 is 0 Å². The molecule has 3 aromatic carbocycles. The van der Waals surface area contributed by atoms with Gasteiger partial charge in [-0.15, -0.1) is 0 Å². The van der Waals surface area contributed by atoms with Gasteiger partial charge in [0.2, 0.25) is 0 Å². The number of hydrogen-bond donors (Lipinski definition) is 2. The Morgan fingerprint density at radius 2 is 1.22 bits per heavy atom. The van der Waals surface area contributed by atoms with E-state index in [1.807, 2.05) is 24.3 Å². The zero-order valence-corrected chi connectivity index (χ0v) is 13.4. The maximum Gasteiger partial charge on any atom is 0.0320 e. The summed E-state index contributed by atoms with van der Waals surface area (Å²) >= 11 is 0. The van der Waals surface area contributed by atoms with Crippen molar-refractivity contribution in [3.63, 3.8) is 0 Å². The van der Waals surface area contributed by atoms with E-state index in [0.29, 0.717) is 0 Å². The Morgan fingerprint density at radius 1 is 0.652 bits per heavy atom. The number of aryl methyl sites for hydroxylation is 1. The lowest BCUT2D eigenvalue weighted by Gasteiger charge is -2.12. The van der Waals surface area contributed by atoms with Gasteiger partial charge in [0.15, 0.2) is 0 Å². The fourth-order valence-corrected chi connectivity index (χ4v) is 2.85. The predicted molar refractivity (Wildman–Crippen MR) is 100 cm³/mol. The predicted octanol–water partition coefficient (Wildman–Crippen LogP) is 5.14. The molecule has 0 amide bonds. The van der Waals surface area contributed by atoms with Crippen LogP contribution in [0.5, 0.6) is 0 Å². The number of rotatable bonds is 4. The van der Waals surface area contributed by atoms with Crippen LogP contribution in [0.3, 0.4) is 0 Å². The van der Waals surface area contributed by atoms with Crippen molar-refractivity contribution in [1.82, 2.24) is 0 Å². The zero-order valence-electron chi connectivity index (χ0n) is 13.4. The van der Waals surface area contributed by atoms with E-state index in [-0.39, 0.29) is 0 Å². The van der Waals surface area contributed by atoms with Gasteiger partial charge < -0.3 is 11.5 Å². The molecule has 0 radical (unpaired) electrons. The normalized spacial score (nSPS) is 10.7. The lowest BCUT2D eigenvalue weighted by atomic mass is 9.93. The van der Waals surface area contributed by atoms with Crippen LogP contribution < -0.4 is 11.5 Å². The third-order valence-corrected chi connectivity index (χ3v) is 4.07. The van der Waals surface area contributed by atoms with Crippen LogP contribution in [0.15, 0.2) is 66.7 Å². The Kier molecular flexibility index (Phi) is 4.33. The molecule has 0 aliphatic rings. The topological polar surface area (TPSA) is 52.0 Å². The van der Waals surface area contributed by atoms with Gasteiger partial charge in [0.05, 0.1) is 0 Å². The number of nitrogens with two attached hydrogens (primary N) is 2. The zero-order chi connectivity index (χ0) is 16.2. The summed E-state index contributed by atoms with van der Waals surface area (Å²) in [7, 11) is 0. The van der Waals surface area contributed by atoms with Crippen LogP contribution in [0.2, 0.25) is 0 Å².